The standard InChI is InChI=1S/C20H26ClF3N4O/c1-13(10-18(27(2)26)20(22,23)24)19(29)28-8-6-15(7-9-28)17(25)12-14-4-3-5-16(21)11-14/h3-5,10-11,15,17H,1,6-9,12,25-26H2,2H3/b18-10-. The molecule has 1 aliphatic rings. The fraction of sp³-hybridized carbons (Fsp3) is 0.450. The second-order valence-corrected chi connectivity index (χ2v) is 7.73. The Balaban J connectivity index is 1.94. The van der Waals surface area contributed by atoms with Gasteiger partial charge in [0.15, 0.2) is 0 Å². The van der Waals surface area contributed by atoms with Gasteiger partial charge in [-0.1, -0.05) is 30.3 Å². The van der Waals surface area contributed by atoms with Crippen LogP contribution >= 0.6 is 11.6 Å². The van der Waals surface area contributed by atoms with E-state index in [2.05, 4.69) is 6.58 Å². The smallest absolute Gasteiger partial charge is 0.339 e. The van der Waals surface area contributed by atoms with E-state index in [4.69, 9.17) is 23.2 Å². The average molecular weight is 431 g/mol. The number of rotatable bonds is 6. The predicted molar refractivity (Wildman–Crippen MR) is 108 cm³/mol. The second kappa shape index (κ2) is 9.65. The molecule has 1 saturated heterocycles. The van der Waals surface area contributed by atoms with Gasteiger partial charge in [-0.15, -0.1) is 0 Å². The van der Waals surface area contributed by atoms with E-state index in [-0.39, 0.29) is 17.5 Å². The lowest BCUT2D eigenvalue weighted by molar-refractivity contribution is -0.128. The largest absolute Gasteiger partial charge is 0.432 e. The SMILES string of the molecule is C=C(/C=C(\N(C)N)C(F)(F)F)C(=O)N1CCC(C(N)Cc2cccc(Cl)c2)CC1. The van der Waals surface area contributed by atoms with E-state index >= 15 is 0 Å². The minimum absolute atomic E-state index is 0.0865. The molecule has 1 unspecified atom stereocenters. The van der Waals surface area contributed by atoms with Crippen LogP contribution in [0.1, 0.15) is 18.4 Å². The van der Waals surface area contributed by atoms with Crippen LogP contribution in [0.4, 0.5) is 13.2 Å². The number of nitrogens with two attached hydrogens (primary N) is 2. The Bertz CT molecular complexity index is 771. The molecule has 9 heteroatoms. The number of allylic oxidation sites excluding steroid dienone is 1. The molecule has 1 heterocycles. The van der Waals surface area contributed by atoms with Gasteiger partial charge in [-0.3, -0.25) is 4.79 Å². The van der Waals surface area contributed by atoms with E-state index in [1.54, 1.807) is 6.07 Å². The second-order valence-electron chi connectivity index (χ2n) is 7.29. The van der Waals surface area contributed by atoms with Crippen LogP contribution in [0, 0.1) is 5.92 Å². The summed E-state index contributed by atoms with van der Waals surface area (Å²) in [6, 6.07) is 7.43. The van der Waals surface area contributed by atoms with Crippen molar-refractivity contribution in [1.29, 1.82) is 0 Å². The topological polar surface area (TPSA) is 75.6 Å². The lowest BCUT2D eigenvalue weighted by atomic mass is 9.86. The van der Waals surface area contributed by atoms with Gasteiger partial charge in [-0.25, -0.2) is 5.84 Å². The Kier molecular flexibility index (Phi) is 7.73. The number of benzene rings is 1. The molecule has 2 rings (SSSR count). The summed E-state index contributed by atoms with van der Waals surface area (Å²) < 4.78 is 39.0. The first-order valence-corrected chi connectivity index (χ1v) is 9.62. The van der Waals surface area contributed by atoms with E-state index in [1.807, 2.05) is 18.2 Å². The Morgan fingerprint density at radius 2 is 2.03 bits per heavy atom. The molecule has 1 atom stereocenters. The number of piperidine rings is 1. The predicted octanol–water partition coefficient (Wildman–Crippen LogP) is 3.26. The first-order valence-electron chi connectivity index (χ1n) is 9.24. The summed E-state index contributed by atoms with van der Waals surface area (Å²) in [5, 5.41) is 1.09. The highest BCUT2D eigenvalue weighted by Gasteiger charge is 2.36. The van der Waals surface area contributed by atoms with Gasteiger partial charge in [0.25, 0.3) is 5.91 Å². The van der Waals surface area contributed by atoms with Crippen LogP contribution < -0.4 is 11.6 Å². The summed E-state index contributed by atoms with van der Waals surface area (Å²) in [4.78, 5) is 14.0. The molecule has 5 nitrogen and oxygen atoms in total. The molecule has 0 aromatic heterocycles. The van der Waals surface area contributed by atoms with Gasteiger partial charge in [0.05, 0.1) is 0 Å². The molecule has 160 valence electrons. The van der Waals surface area contributed by atoms with Crippen molar-refractivity contribution < 1.29 is 18.0 Å². The van der Waals surface area contributed by atoms with Gasteiger partial charge < -0.3 is 15.6 Å². The highest BCUT2D eigenvalue weighted by atomic mass is 35.5. The van der Waals surface area contributed by atoms with Gasteiger partial charge in [-0.05, 0) is 49.0 Å². The van der Waals surface area contributed by atoms with Crippen LogP contribution in [0.3, 0.4) is 0 Å². The van der Waals surface area contributed by atoms with Crippen molar-refractivity contribution in [1.82, 2.24) is 9.91 Å². The van der Waals surface area contributed by atoms with E-state index in [0.29, 0.717) is 48.5 Å². The monoisotopic (exact) mass is 430 g/mol. The minimum atomic E-state index is -4.67. The number of likely N-dealkylation sites (tertiary alicyclic amines) is 1. The first kappa shape index (κ1) is 23.3. The highest BCUT2D eigenvalue weighted by molar-refractivity contribution is 6.30. The number of hydrazine groups is 1. The fourth-order valence-corrected chi connectivity index (χ4v) is 3.66. The summed E-state index contributed by atoms with van der Waals surface area (Å²) in [7, 11) is 1.06. The third-order valence-electron chi connectivity index (χ3n) is 5.05. The number of hydrogen-bond acceptors (Lipinski definition) is 4. The van der Waals surface area contributed by atoms with Crippen LogP contribution in [0.15, 0.2) is 48.2 Å². The van der Waals surface area contributed by atoms with Crippen molar-refractivity contribution in [3.8, 4) is 0 Å². The van der Waals surface area contributed by atoms with Crippen molar-refractivity contribution in [2.45, 2.75) is 31.5 Å². The number of alkyl halides is 3. The zero-order valence-electron chi connectivity index (χ0n) is 16.3. The molecular formula is C20H26ClF3N4O. The van der Waals surface area contributed by atoms with Crippen molar-refractivity contribution >= 4 is 17.5 Å². The quantitative estimate of drug-likeness (QED) is 0.314. The molecule has 4 N–H and O–H groups in total. The van der Waals surface area contributed by atoms with Gasteiger partial charge in [0.1, 0.15) is 5.70 Å². The molecule has 1 aromatic rings. The maximum atomic E-state index is 13.0. The van der Waals surface area contributed by atoms with Crippen LogP contribution in [-0.4, -0.2) is 48.2 Å². The Morgan fingerprint density at radius 3 is 2.55 bits per heavy atom. The van der Waals surface area contributed by atoms with Crippen molar-refractivity contribution in [2.24, 2.45) is 17.5 Å². The molecule has 1 aromatic carbocycles. The van der Waals surface area contributed by atoms with E-state index in [9.17, 15) is 18.0 Å². The van der Waals surface area contributed by atoms with Crippen molar-refractivity contribution in [3.63, 3.8) is 0 Å². The molecule has 1 aliphatic heterocycles. The lowest BCUT2D eigenvalue weighted by Crippen LogP contribution is -2.44. The summed E-state index contributed by atoms with van der Waals surface area (Å²) in [6.07, 6.45) is -1.97. The fourth-order valence-electron chi connectivity index (χ4n) is 3.45. The molecule has 0 aliphatic carbocycles. The summed E-state index contributed by atoms with van der Waals surface area (Å²) in [5.41, 5.74) is 6.01. The van der Waals surface area contributed by atoms with Crippen LogP contribution in [0.25, 0.3) is 0 Å². The number of hydrogen-bond donors (Lipinski definition) is 2. The lowest BCUT2D eigenvalue weighted by Gasteiger charge is -2.35. The molecule has 1 amide bonds. The molecule has 0 bridgehead atoms. The number of amides is 1. The molecule has 0 spiro atoms. The van der Waals surface area contributed by atoms with Gasteiger partial charge >= 0.3 is 6.18 Å². The van der Waals surface area contributed by atoms with Crippen molar-refractivity contribution in [2.75, 3.05) is 20.1 Å². The normalized spacial score (nSPS) is 17.2. The summed E-state index contributed by atoms with van der Waals surface area (Å²) in [6.45, 7) is 4.33. The third kappa shape index (κ3) is 6.48. The molecule has 1 fully saturated rings. The summed E-state index contributed by atoms with van der Waals surface area (Å²) >= 11 is 6.00. The average Bonchev–Trinajstić information content (AvgIpc) is 2.64. The highest BCUT2D eigenvalue weighted by Crippen LogP contribution is 2.28. The zero-order chi connectivity index (χ0) is 21.8. The van der Waals surface area contributed by atoms with Crippen LogP contribution in [0.5, 0.6) is 0 Å². The first-order chi connectivity index (χ1) is 13.5. The number of carbonyl (C=O) groups excluding carboxylic acids is 1. The Hall–Kier alpha value is -2.03. The van der Waals surface area contributed by atoms with Gasteiger partial charge in [0, 0.05) is 36.8 Å². The van der Waals surface area contributed by atoms with E-state index in [1.165, 1.54) is 4.90 Å². The number of carbonyl (C=O) groups is 1. The minimum Gasteiger partial charge on any atom is -0.339 e. The number of nitrogens with zero attached hydrogens (tertiary/aromatic N) is 2. The Labute approximate surface area is 173 Å². The van der Waals surface area contributed by atoms with E-state index < -0.39 is 17.8 Å². The molecular weight excluding hydrogens is 405 g/mol. The maximum absolute atomic E-state index is 13.0. The third-order valence-corrected chi connectivity index (χ3v) is 5.28. The van der Waals surface area contributed by atoms with Gasteiger partial charge in [-0.2, -0.15) is 13.2 Å². The number of halogens is 4. The Morgan fingerprint density at radius 1 is 1.41 bits per heavy atom. The molecule has 0 radical (unpaired) electrons. The molecule has 0 saturated carbocycles. The van der Waals surface area contributed by atoms with Crippen LogP contribution in [0.2, 0.25) is 5.02 Å². The summed E-state index contributed by atoms with van der Waals surface area (Å²) in [5.74, 6) is 4.91. The molecule has 29 heavy (non-hydrogen) atoms. The van der Waals surface area contributed by atoms with Crippen LogP contribution in [-0.2, 0) is 11.2 Å². The zero-order valence-corrected chi connectivity index (χ0v) is 17.0. The van der Waals surface area contributed by atoms with E-state index in [0.717, 1.165) is 12.6 Å². The maximum Gasteiger partial charge on any atom is 0.432 e. The van der Waals surface area contributed by atoms with Gasteiger partial charge in [0.2, 0.25) is 0 Å². The van der Waals surface area contributed by atoms with Crippen molar-refractivity contribution in [3.05, 3.63) is 58.8 Å².